The molecule has 13 heteroatoms. The fourth-order valence-electron chi connectivity index (χ4n) is 1.74. The summed E-state index contributed by atoms with van der Waals surface area (Å²) in [6.07, 6.45) is 5.47. The van der Waals surface area contributed by atoms with Gasteiger partial charge in [-0.3, -0.25) is 10.1 Å². The Bertz CT molecular complexity index is 775. The summed E-state index contributed by atoms with van der Waals surface area (Å²) in [5, 5.41) is 10.6. The van der Waals surface area contributed by atoms with Gasteiger partial charge >= 0.3 is 18.9 Å². The summed E-state index contributed by atoms with van der Waals surface area (Å²) < 4.78 is 60.8. The van der Waals surface area contributed by atoms with E-state index in [0.29, 0.717) is 6.54 Å². The van der Waals surface area contributed by atoms with Crippen LogP contribution in [-0.2, 0) is 18.3 Å². The number of benzene rings is 1. The third kappa shape index (κ3) is 7.72. The number of halogens is 5. The van der Waals surface area contributed by atoms with Gasteiger partial charge in [-0.2, -0.15) is 4.39 Å². The first-order chi connectivity index (χ1) is 12.0. The molecule has 2 rings (SSSR count). The van der Waals surface area contributed by atoms with Gasteiger partial charge in [-0.05, 0) is 12.1 Å². The number of esters is 1. The average Bonchev–Trinajstić information content (AvgIpc) is 2.91. The van der Waals surface area contributed by atoms with Crippen LogP contribution in [-0.4, -0.2) is 29.3 Å². The molecule has 0 saturated heterocycles. The van der Waals surface area contributed by atoms with Crippen molar-refractivity contribution in [3.05, 3.63) is 58.4 Å². The molecule has 0 unspecified atom stereocenters. The van der Waals surface area contributed by atoms with Gasteiger partial charge in [-0.25, -0.2) is 13.9 Å². The first-order valence-electron chi connectivity index (χ1n) is 6.97. The third-order valence-corrected chi connectivity index (χ3v) is 2.78. The number of hydrogen-bond donors (Lipinski definition) is 0. The van der Waals surface area contributed by atoms with E-state index in [4.69, 9.17) is 4.74 Å². The molecular formula is C13H13BF5N3O4. The van der Waals surface area contributed by atoms with Gasteiger partial charge in [0.1, 0.15) is 25.5 Å². The van der Waals surface area contributed by atoms with Crippen molar-refractivity contribution in [1.82, 2.24) is 4.57 Å². The molecule has 0 bridgehead atoms. The van der Waals surface area contributed by atoms with Gasteiger partial charge < -0.3 is 22.0 Å². The van der Waals surface area contributed by atoms with E-state index in [0.717, 1.165) is 18.2 Å². The lowest BCUT2D eigenvalue weighted by atomic mass is 10.2. The van der Waals surface area contributed by atoms with Crippen molar-refractivity contribution in [2.75, 3.05) is 6.61 Å². The number of aryl methyl sites for hydroxylation is 1. The van der Waals surface area contributed by atoms with E-state index in [-0.39, 0.29) is 12.2 Å². The Balaban J connectivity index is 0.000000597. The lowest BCUT2D eigenvalue weighted by Gasteiger charge is -2.03. The molecule has 0 radical (unpaired) electrons. The van der Waals surface area contributed by atoms with Gasteiger partial charge in [0, 0.05) is 6.07 Å². The Morgan fingerprint density at radius 2 is 1.96 bits per heavy atom. The van der Waals surface area contributed by atoms with Crippen LogP contribution in [0.4, 0.5) is 27.3 Å². The highest BCUT2D eigenvalue weighted by molar-refractivity contribution is 6.50. The van der Waals surface area contributed by atoms with E-state index < -0.39 is 29.7 Å². The molecule has 0 N–H and O–H groups in total. The molecule has 0 aliphatic rings. The molecule has 1 aromatic heterocycles. The number of carbonyl (C=O) groups is 1. The SMILES string of the molecule is C[n+]1ccn(CCOC(=O)c2ccc(F)c([N+](=O)[O-])c2)c1.F[B-](F)(F)F. The Hall–Kier alpha value is -2.99. The fourth-order valence-corrected chi connectivity index (χ4v) is 1.74. The number of nitro benzene ring substituents is 1. The number of carbonyl (C=O) groups excluding carboxylic acids is 1. The smallest absolute Gasteiger partial charge is 0.458 e. The van der Waals surface area contributed by atoms with Gasteiger partial charge in [0.05, 0.1) is 17.5 Å². The highest BCUT2D eigenvalue weighted by Gasteiger charge is 2.20. The summed E-state index contributed by atoms with van der Waals surface area (Å²) in [7, 11) is -4.14. The molecule has 142 valence electrons. The Morgan fingerprint density at radius 3 is 2.46 bits per heavy atom. The number of ether oxygens (including phenoxy) is 1. The minimum Gasteiger partial charge on any atom is -0.458 e. The predicted octanol–water partition coefficient (Wildman–Crippen LogP) is 2.52. The second kappa shape index (κ2) is 8.92. The number of rotatable bonds is 5. The molecule has 26 heavy (non-hydrogen) atoms. The van der Waals surface area contributed by atoms with E-state index in [1.54, 1.807) is 0 Å². The largest absolute Gasteiger partial charge is 0.673 e. The van der Waals surface area contributed by atoms with Crippen molar-refractivity contribution in [2.24, 2.45) is 7.05 Å². The Morgan fingerprint density at radius 1 is 1.35 bits per heavy atom. The van der Waals surface area contributed by atoms with E-state index in [1.807, 2.05) is 34.9 Å². The Kier molecular flexibility index (Phi) is 7.22. The minimum atomic E-state index is -6.00. The van der Waals surface area contributed by atoms with Crippen molar-refractivity contribution in [2.45, 2.75) is 6.54 Å². The molecule has 2 aromatic rings. The number of aromatic nitrogens is 2. The lowest BCUT2D eigenvalue weighted by Crippen LogP contribution is -2.24. The summed E-state index contributed by atoms with van der Waals surface area (Å²) in [5.74, 6) is -1.72. The third-order valence-electron chi connectivity index (χ3n) is 2.78. The second-order valence-electron chi connectivity index (χ2n) is 4.87. The molecular weight excluding hydrogens is 368 g/mol. The van der Waals surface area contributed by atoms with Crippen LogP contribution >= 0.6 is 0 Å². The molecule has 1 heterocycles. The summed E-state index contributed by atoms with van der Waals surface area (Å²) in [6.45, 7) is 0.564. The molecule has 0 aliphatic heterocycles. The molecule has 0 saturated carbocycles. The van der Waals surface area contributed by atoms with Crippen molar-refractivity contribution >= 4 is 18.9 Å². The van der Waals surface area contributed by atoms with Gasteiger partial charge in [0.25, 0.3) is 0 Å². The quantitative estimate of drug-likeness (QED) is 0.199. The molecule has 7 nitrogen and oxygen atoms in total. The number of nitrogens with zero attached hydrogens (tertiary/aromatic N) is 3. The zero-order valence-corrected chi connectivity index (χ0v) is 13.3. The summed E-state index contributed by atoms with van der Waals surface area (Å²) in [4.78, 5) is 21.5. The highest BCUT2D eigenvalue weighted by atomic mass is 19.5. The van der Waals surface area contributed by atoms with Crippen LogP contribution in [0.3, 0.4) is 0 Å². The van der Waals surface area contributed by atoms with E-state index in [1.165, 1.54) is 0 Å². The fraction of sp³-hybridized carbons (Fsp3) is 0.231. The topological polar surface area (TPSA) is 78.2 Å². The molecule has 1 aromatic carbocycles. The standard InChI is InChI=1S/C13H13FN3O4.BF4/c1-15-4-5-16(9-15)6-7-21-13(18)10-2-3-11(14)12(8-10)17(19)20;2-1(3,4)5/h2-5,8-9H,6-7H2,1H3;/q+1;-1. The van der Waals surface area contributed by atoms with Crippen molar-refractivity contribution in [3.8, 4) is 0 Å². The van der Waals surface area contributed by atoms with Gasteiger partial charge in [-0.15, -0.1) is 0 Å². The predicted molar refractivity (Wildman–Crippen MR) is 79.1 cm³/mol. The maximum atomic E-state index is 13.2. The van der Waals surface area contributed by atoms with Crippen LogP contribution in [0.5, 0.6) is 0 Å². The summed E-state index contributed by atoms with van der Waals surface area (Å²) >= 11 is 0. The number of hydrogen-bond acceptors (Lipinski definition) is 4. The summed E-state index contributed by atoms with van der Waals surface area (Å²) in [6, 6.07) is 2.90. The minimum absolute atomic E-state index is 0.0545. The van der Waals surface area contributed by atoms with E-state index >= 15 is 0 Å². The van der Waals surface area contributed by atoms with Gasteiger partial charge in [0.15, 0.2) is 0 Å². The zero-order chi connectivity index (χ0) is 19.9. The molecule has 0 aliphatic carbocycles. The van der Waals surface area contributed by atoms with Gasteiger partial charge in [0.2, 0.25) is 12.1 Å². The first kappa shape index (κ1) is 21.1. The zero-order valence-electron chi connectivity index (χ0n) is 13.3. The molecule has 0 amide bonds. The molecule has 0 atom stereocenters. The monoisotopic (exact) mass is 381 g/mol. The van der Waals surface area contributed by atoms with Crippen molar-refractivity contribution in [3.63, 3.8) is 0 Å². The lowest BCUT2D eigenvalue weighted by molar-refractivity contribution is -0.671. The van der Waals surface area contributed by atoms with Crippen LogP contribution in [0.25, 0.3) is 0 Å². The normalized spacial score (nSPS) is 10.7. The van der Waals surface area contributed by atoms with Crippen molar-refractivity contribution in [1.29, 1.82) is 0 Å². The maximum absolute atomic E-state index is 13.2. The van der Waals surface area contributed by atoms with Crippen LogP contribution in [0.2, 0.25) is 0 Å². The van der Waals surface area contributed by atoms with Crippen LogP contribution < -0.4 is 4.57 Å². The van der Waals surface area contributed by atoms with Crippen LogP contribution in [0.15, 0.2) is 36.9 Å². The molecule has 0 spiro atoms. The van der Waals surface area contributed by atoms with Crippen LogP contribution in [0, 0.1) is 15.9 Å². The number of nitro groups is 1. The second-order valence-corrected chi connectivity index (χ2v) is 4.87. The maximum Gasteiger partial charge on any atom is 0.673 e. The Labute approximate surface area is 143 Å². The van der Waals surface area contributed by atoms with Crippen molar-refractivity contribution < 1.29 is 40.7 Å². The van der Waals surface area contributed by atoms with Gasteiger partial charge in [-0.1, -0.05) is 0 Å². The molecule has 0 fully saturated rings. The van der Waals surface area contributed by atoms with E-state index in [9.17, 15) is 36.6 Å². The average molecular weight is 381 g/mol. The number of imidazole rings is 1. The first-order valence-corrected chi connectivity index (χ1v) is 6.97. The van der Waals surface area contributed by atoms with Crippen LogP contribution in [0.1, 0.15) is 10.4 Å². The summed E-state index contributed by atoms with van der Waals surface area (Å²) in [5.41, 5.74) is -0.803. The highest BCUT2D eigenvalue weighted by Crippen LogP contribution is 2.19. The van der Waals surface area contributed by atoms with E-state index in [2.05, 4.69) is 0 Å².